The molecule has 2 N–H and O–H groups in total. The van der Waals surface area contributed by atoms with E-state index in [0.29, 0.717) is 12.0 Å². The SMILES string of the molecule is N[C@@H]1C[C@@H]1c1cccc2ccccc12. The number of benzene rings is 2. The predicted molar refractivity (Wildman–Crippen MR) is 59.3 cm³/mol. The Morgan fingerprint density at radius 1 is 1.00 bits per heavy atom. The Bertz CT molecular complexity index is 470. The number of nitrogens with two attached hydrogens (primary N) is 1. The fourth-order valence-electron chi connectivity index (χ4n) is 2.15. The van der Waals surface area contributed by atoms with Crippen LogP contribution in [0.25, 0.3) is 10.8 Å². The van der Waals surface area contributed by atoms with E-state index in [2.05, 4.69) is 42.5 Å². The Hall–Kier alpha value is -1.34. The highest BCUT2D eigenvalue weighted by atomic mass is 14.7. The van der Waals surface area contributed by atoms with E-state index in [4.69, 9.17) is 5.73 Å². The van der Waals surface area contributed by atoms with Gasteiger partial charge in [-0.3, -0.25) is 0 Å². The first-order valence-electron chi connectivity index (χ1n) is 5.09. The Morgan fingerprint density at radius 2 is 1.71 bits per heavy atom. The van der Waals surface area contributed by atoms with E-state index >= 15 is 0 Å². The highest BCUT2D eigenvalue weighted by molar-refractivity contribution is 5.86. The predicted octanol–water partition coefficient (Wildman–Crippen LogP) is 2.65. The lowest BCUT2D eigenvalue weighted by Crippen LogP contribution is -2.01. The summed E-state index contributed by atoms with van der Waals surface area (Å²) in [6.45, 7) is 0. The zero-order valence-corrected chi connectivity index (χ0v) is 7.98. The van der Waals surface area contributed by atoms with Crippen LogP contribution in [0.15, 0.2) is 42.5 Å². The van der Waals surface area contributed by atoms with Crippen molar-refractivity contribution >= 4 is 10.8 Å². The van der Waals surface area contributed by atoms with Crippen molar-refractivity contribution < 1.29 is 0 Å². The lowest BCUT2D eigenvalue weighted by atomic mass is 10.0. The van der Waals surface area contributed by atoms with Gasteiger partial charge in [-0.15, -0.1) is 0 Å². The molecule has 0 bridgehead atoms. The molecule has 1 saturated carbocycles. The molecule has 1 aliphatic rings. The van der Waals surface area contributed by atoms with Crippen molar-refractivity contribution in [2.45, 2.75) is 18.4 Å². The summed E-state index contributed by atoms with van der Waals surface area (Å²) in [5.41, 5.74) is 7.32. The van der Waals surface area contributed by atoms with Gasteiger partial charge in [-0.05, 0) is 22.8 Å². The summed E-state index contributed by atoms with van der Waals surface area (Å²) < 4.78 is 0. The van der Waals surface area contributed by atoms with Gasteiger partial charge >= 0.3 is 0 Å². The molecule has 2 atom stereocenters. The van der Waals surface area contributed by atoms with Crippen molar-refractivity contribution in [3.8, 4) is 0 Å². The Kier molecular flexibility index (Phi) is 1.62. The molecule has 3 rings (SSSR count). The minimum atomic E-state index is 0.390. The van der Waals surface area contributed by atoms with E-state index in [1.165, 1.54) is 16.3 Å². The summed E-state index contributed by atoms with van der Waals surface area (Å²) in [5.74, 6) is 0.598. The molecule has 2 aromatic rings. The Morgan fingerprint density at radius 3 is 2.50 bits per heavy atom. The van der Waals surface area contributed by atoms with Crippen molar-refractivity contribution in [3.05, 3.63) is 48.0 Å². The molecule has 2 aromatic carbocycles. The van der Waals surface area contributed by atoms with Crippen LogP contribution in [-0.2, 0) is 0 Å². The summed E-state index contributed by atoms with van der Waals surface area (Å²) in [6.07, 6.45) is 1.15. The van der Waals surface area contributed by atoms with Gasteiger partial charge in [0.1, 0.15) is 0 Å². The van der Waals surface area contributed by atoms with Gasteiger partial charge in [-0.1, -0.05) is 42.5 Å². The third kappa shape index (κ3) is 1.13. The number of fused-ring (bicyclic) bond motifs is 1. The minimum Gasteiger partial charge on any atom is -0.327 e. The number of rotatable bonds is 1. The standard InChI is InChI=1S/C13H13N/c14-13-8-12(13)11-7-3-5-9-4-1-2-6-10(9)11/h1-7,12-13H,8,14H2/t12-,13-/m1/s1. The second-order valence-electron chi connectivity index (χ2n) is 4.07. The van der Waals surface area contributed by atoms with E-state index in [-0.39, 0.29) is 0 Å². The molecule has 0 saturated heterocycles. The molecule has 1 aliphatic carbocycles. The molecule has 1 nitrogen and oxygen atoms in total. The lowest BCUT2D eigenvalue weighted by Gasteiger charge is -2.04. The number of hydrogen-bond donors (Lipinski definition) is 1. The maximum absolute atomic E-state index is 5.89. The molecule has 1 fully saturated rings. The van der Waals surface area contributed by atoms with Crippen LogP contribution < -0.4 is 5.73 Å². The highest BCUT2D eigenvalue weighted by Crippen LogP contribution is 2.41. The van der Waals surface area contributed by atoms with Crippen molar-refractivity contribution in [2.24, 2.45) is 5.73 Å². The van der Waals surface area contributed by atoms with Crippen LogP contribution in [0.5, 0.6) is 0 Å². The van der Waals surface area contributed by atoms with Gasteiger partial charge in [-0.2, -0.15) is 0 Å². The average molecular weight is 183 g/mol. The van der Waals surface area contributed by atoms with E-state index < -0.39 is 0 Å². The van der Waals surface area contributed by atoms with Gasteiger partial charge in [-0.25, -0.2) is 0 Å². The zero-order chi connectivity index (χ0) is 9.54. The molecule has 0 heterocycles. The molecule has 0 aromatic heterocycles. The van der Waals surface area contributed by atoms with Crippen LogP contribution in [0.4, 0.5) is 0 Å². The molecular formula is C13H13N. The van der Waals surface area contributed by atoms with Gasteiger partial charge in [0.25, 0.3) is 0 Å². The van der Waals surface area contributed by atoms with Crippen LogP contribution >= 0.6 is 0 Å². The molecule has 0 radical (unpaired) electrons. The maximum Gasteiger partial charge on any atom is 0.0115 e. The molecule has 14 heavy (non-hydrogen) atoms. The second kappa shape index (κ2) is 2.82. The van der Waals surface area contributed by atoms with Crippen molar-refractivity contribution in [1.82, 2.24) is 0 Å². The first-order chi connectivity index (χ1) is 6.86. The smallest absolute Gasteiger partial charge is 0.0115 e. The van der Waals surface area contributed by atoms with Crippen molar-refractivity contribution in [2.75, 3.05) is 0 Å². The number of hydrogen-bond acceptors (Lipinski definition) is 1. The third-order valence-electron chi connectivity index (χ3n) is 3.06. The van der Waals surface area contributed by atoms with E-state index in [1.807, 2.05) is 0 Å². The van der Waals surface area contributed by atoms with Gasteiger partial charge in [0.2, 0.25) is 0 Å². The highest BCUT2D eigenvalue weighted by Gasteiger charge is 2.35. The summed E-state index contributed by atoms with van der Waals surface area (Å²) in [5, 5.41) is 2.69. The first-order valence-corrected chi connectivity index (χ1v) is 5.09. The summed E-state index contributed by atoms with van der Waals surface area (Å²) in [7, 11) is 0. The van der Waals surface area contributed by atoms with Gasteiger partial charge in [0.05, 0.1) is 0 Å². The van der Waals surface area contributed by atoms with Gasteiger partial charge in [0, 0.05) is 12.0 Å². The fraction of sp³-hybridized carbons (Fsp3) is 0.231. The fourth-order valence-corrected chi connectivity index (χ4v) is 2.15. The molecule has 1 heteroatoms. The Labute approximate surface area is 83.5 Å². The van der Waals surface area contributed by atoms with E-state index in [0.717, 1.165) is 6.42 Å². The van der Waals surface area contributed by atoms with Gasteiger partial charge in [0.15, 0.2) is 0 Å². The summed E-state index contributed by atoms with van der Waals surface area (Å²) >= 11 is 0. The van der Waals surface area contributed by atoms with Crippen LogP contribution in [0.2, 0.25) is 0 Å². The Balaban J connectivity index is 2.23. The molecular weight excluding hydrogens is 170 g/mol. The normalized spacial score (nSPS) is 25.2. The topological polar surface area (TPSA) is 26.0 Å². The molecule has 0 amide bonds. The summed E-state index contributed by atoms with van der Waals surface area (Å²) in [6, 6.07) is 15.4. The average Bonchev–Trinajstić information content (AvgIpc) is 2.95. The van der Waals surface area contributed by atoms with E-state index in [1.54, 1.807) is 0 Å². The van der Waals surface area contributed by atoms with Crippen molar-refractivity contribution in [3.63, 3.8) is 0 Å². The lowest BCUT2D eigenvalue weighted by molar-refractivity contribution is 0.998. The van der Waals surface area contributed by atoms with Crippen LogP contribution in [0.3, 0.4) is 0 Å². The van der Waals surface area contributed by atoms with Gasteiger partial charge < -0.3 is 5.73 Å². The first kappa shape index (κ1) is 8.01. The third-order valence-corrected chi connectivity index (χ3v) is 3.06. The zero-order valence-electron chi connectivity index (χ0n) is 7.98. The van der Waals surface area contributed by atoms with Crippen LogP contribution in [0.1, 0.15) is 17.9 Å². The quantitative estimate of drug-likeness (QED) is 0.722. The molecule has 70 valence electrons. The largest absolute Gasteiger partial charge is 0.327 e. The van der Waals surface area contributed by atoms with Crippen LogP contribution in [-0.4, -0.2) is 6.04 Å². The molecule has 0 aliphatic heterocycles. The molecule has 0 spiro atoms. The van der Waals surface area contributed by atoms with Crippen LogP contribution in [0, 0.1) is 0 Å². The monoisotopic (exact) mass is 183 g/mol. The van der Waals surface area contributed by atoms with Crippen molar-refractivity contribution in [1.29, 1.82) is 0 Å². The minimum absolute atomic E-state index is 0.390. The summed E-state index contributed by atoms with van der Waals surface area (Å²) in [4.78, 5) is 0. The molecule has 0 unspecified atom stereocenters. The maximum atomic E-state index is 5.89. The van der Waals surface area contributed by atoms with E-state index in [9.17, 15) is 0 Å². The second-order valence-corrected chi connectivity index (χ2v) is 4.07.